The summed E-state index contributed by atoms with van der Waals surface area (Å²) in [5.41, 5.74) is 4.17. The van der Waals surface area contributed by atoms with Crippen molar-refractivity contribution < 1.29 is 33.7 Å². The quantitative estimate of drug-likeness (QED) is 0.270. The van der Waals surface area contributed by atoms with Gasteiger partial charge in [0.25, 0.3) is 0 Å². The molecule has 0 aliphatic carbocycles. The standard InChI is InChI=1S/C27H25FN4O5.C4H10O/c1-14-6-8-17(9-7-14)37-27(35)30-22-13-23-29-16(3)20(12-24(33)34)25(32(23)31-22)19-11-21(28)26-18(15(19)2)5-4-10-36-26;1-4(2,3)5/h6-9,11,13H,4-5,10,12H2,1-3H3,(H,33,34)(H,30,31,35);5H,1-3H3. The predicted molar refractivity (Wildman–Crippen MR) is 156 cm³/mol. The van der Waals surface area contributed by atoms with Gasteiger partial charge in [-0.25, -0.2) is 18.7 Å². The van der Waals surface area contributed by atoms with Crippen molar-refractivity contribution >= 4 is 23.5 Å². The maximum absolute atomic E-state index is 15.1. The number of aromatic nitrogens is 3. The second kappa shape index (κ2) is 12.2. The summed E-state index contributed by atoms with van der Waals surface area (Å²) in [6.07, 6.45) is 0.313. The number of nitrogens with zero attached hydrogens (tertiary/aromatic N) is 3. The van der Waals surface area contributed by atoms with Gasteiger partial charge in [-0.2, -0.15) is 0 Å². The summed E-state index contributed by atoms with van der Waals surface area (Å²) in [5, 5.41) is 25.2. The lowest BCUT2D eigenvalue weighted by Gasteiger charge is -2.23. The number of benzene rings is 2. The van der Waals surface area contributed by atoms with Crippen molar-refractivity contribution in [1.82, 2.24) is 14.6 Å². The Kier molecular flexibility index (Phi) is 8.81. The molecule has 0 fully saturated rings. The van der Waals surface area contributed by atoms with Gasteiger partial charge in [0.15, 0.2) is 23.0 Å². The number of anilines is 1. The zero-order valence-electron chi connectivity index (χ0n) is 24.5. The van der Waals surface area contributed by atoms with Crippen LogP contribution in [-0.4, -0.2) is 49.1 Å². The third-order valence-corrected chi connectivity index (χ3v) is 6.39. The van der Waals surface area contributed by atoms with E-state index in [2.05, 4.69) is 15.4 Å². The van der Waals surface area contributed by atoms with Gasteiger partial charge in [0.05, 0.1) is 24.3 Å². The van der Waals surface area contributed by atoms with Crippen LogP contribution in [0.3, 0.4) is 0 Å². The van der Waals surface area contributed by atoms with Gasteiger partial charge in [-0.05, 0) is 78.1 Å². The zero-order chi connectivity index (χ0) is 30.8. The molecule has 1 aliphatic heterocycles. The molecule has 5 rings (SSSR count). The van der Waals surface area contributed by atoms with Gasteiger partial charge in [-0.15, -0.1) is 5.10 Å². The number of hydrogen-bond donors (Lipinski definition) is 3. The Morgan fingerprint density at radius 3 is 2.45 bits per heavy atom. The number of carboxylic acid groups (broad SMARTS) is 1. The Balaban J connectivity index is 0.000000748. The van der Waals surface area contributed by atoms with Gasteiger partial charge < -0.3 is 19.7 Å². The van der Waals surface area contributed by atoms with Crippen LogP contribution >= 0.6 is 0 Å². The third kappa shape index (κ3) is 7.22. The highest BCUT2D eigenvalue weighted by Gasteiger charge is 2.26. The van der Waals surface area contributed by atoms with E-state index >= 15 is 4.39 Å². The first-order valence-corrected chi connectivity index (χ1v) is 13.6. The van der Waals surface area contributed by atoms with Crippen LogP contribution in [0.1, 0.15) is 55.1 Å². The SMILES string of the molecule is CC(C)(C)O.Cc1ccc(OC(=O)Nc2cc3nc(C)c(CC(=O)O)c(-c4cc(F)c5c(c4C)CCCO5)n3n2)cc1. The molecule has 2 aromatic carbocycles. The fourth-order valence-electron chi connectivity index (χ4n) is 4.60. The Morgan fingerprint density at radius 2 is 1.81 bits per heavy atom. The molecular formula is C31H35FN4O6. The van der Waals surface area contributed by atoms with E-state index in [1.54, 1.807) is 45.9 Å². The lowest BCUT2D eigenvalue weighted by molar-refractivity contribution is -0.136. The van der Waals surface area contributed by atoms with Crippen LogP contribution in [0, 0.1) is 26.6 Å². The van der Waals surface area contributed by atoms with Crippen molar-refractivity contribution in [1.29, 1.82) is 0 Å². The van der Waals surface area contributed by atoms with Gasteiger partial charge in [0.1, 0.15) is 5.75 Å². The minimum Gasteiger partial charge on any atom is -0.490 e. The molecule has 11 heteroatoms. The number of carboxylic acids is 1. The fraction of sp³-hybridized carbons (Fsp3) is 0.355. The molecule has 10 nitrogen and oxygen atoms in total. The average Bonchev–Trinajstić information content (AvgIpc) is 3.28. The Morgan fingerprint density at radius 1 is 1.14 bits per heavy atom. The predicted octanol–water partition coefficient (Wildman–Crippen LogP) is 5.80. The monoisotopic (exact) mass is 578 g/mol. The number of carbonyl (C=O) groups is 2. The number of hydrogen-bond acceptors (Lipinski definition) is 7. The molecule has 0 unspecified atom stereocenters. The maximum Gasteiger partial charge on any atom is 0.418 e. The molecule has 0 saturated carbocycles. The topological polar surface area (TPSA) is 135 Å². The van der Waals surface area contributed by atoms with E-state index in [0.29, 0.717) is 46.9 Å². The van der Waals surface area contributed by atoms with Crippen molar-refractivity contribution in [2.45, 2.75) is 66.4 Å². The van der Waals surface area contributed by atoms with Crippen molar-refractivity contribution in [2.75, 3.05) is 11.9 Å². The molecule has 4 aromatic rings. The first-order valence-electron chi connectivity index (χ1n) is 13.6. The van der Waals surface area contributed by atoms with Gasteiger partial charge in [0, 0.05) is 28.5 Å². The summed E-state index contributed by atoms with van der Waals surface area (Å²) in [7, 11) is 0. The van der Waals surface area contributed by atoms with E-state index in [9.17, 15) is 14.7 Å². The summed E-state index contributed by atoms with van der Waals surface area (Å²) >= 11 is 0. The summed E-state index contributed by atoms with van der Waals surface area (Å²) in [6, 6.07) is 9.89. The molecule has 222 valence electrons. The first-order chi connectivity index (χ1) is 19.7. The highest BCUT2D eigenvalue weighted by atomic mass is 19.1. The third-order valence-electron chi connectivity index (χ3n) is 6.39. The van der Waals surface area contributed by atoms with Crippen LogP contribution in [0.4, 0.5) is 15.0 Å². The number of aliphatic carboxylic acids is 1. The molecular weight excluding hydrogens is 543 g/mol. The number of rotatable bonds is 5. The molecule has 0 saturated heterocycles. The number of carbonyl (C=O) groups excluding carboxylic acids is 1. The number of nitrogens with one attached hydrogen (secondary N) is 1. The number of aliphatic hydroxyl groups is 1. The van der Waals surface area contributed by atoms with Crippen molar-refractivity contribution in [2.24, 2.45) is 0 Å². The van der Waals surface area contributed by atoms with Gasteiger partial charge in [-0.3, -0.25) is 10.1 Å². The lowest BCUT2D eigenvalue weighted by atomic mass is 9.91. The molecule has 1 amide bonds. The van der Waals surface area contributed by atoms with E-state index in [0.717, 1.165) is 23.1 Å². The number of amides is 1. The molecule has 3 N–H and O–H groups in total. The molecule has 42 heavy (non-hydrogen) atoms. The second-order valence-corrected chi connectivity index (χ2v) is 11.2. The number of ether oxygens (including phenoxy) is 2. The molecule has 0 bridgehead atoms. The summed E-state index contributed by atoms with van der Waals surface area (Å²) in [6.45, 7) is 11.1. The van der Waals surface area contributed by atoms with Crippen molar-refractivity contribution in [3.8, 4) is 22.8 Å². The molecule has 0 radical (unpaired) electrons. The fourth-order valence-corrected chi connectivity index (χ4v) is 4.60. The molecule has 1 aliphatic rings. The van der Waals surface area contributed by atoms with Crippen LogP contribution in [-0.2, 0) is 17.6 Å². The van der Waals surface area contributed by atoms with Gasteiger partial charge in [0.2, 0.25) is 0 Å². The van der Waals surface area contributed by atoms with Crippen LogP contribution in [0.15, 0.2) is 36.4 Å². The van der Waals surface area contributed by atoms with E-state index < -0.39 is 23.5 Å². The lowest BCUT2D eigenvalue weighted by Crippen LogP contribution is -2.17. The Labute approximate surface area is 243 Å². The van der Waals surface area contributed by atoms with E-state index in [1.165, 1.54) is 10.6 Å². The molecule has 2 aromatic heterocycles. The summed E-state index contributed by atoms with van der Waals surface area (Å²) < 4.78 is 27.5. The number of fused-ring (bicyclic) bond motifs is 2. The van der Waals surface area contributed by atoms with E-state index in [4.69, 9.17) is 14.6 Å². The van der Waals surface area contributed by atoms with Gasteiger partial charge in [-0.1, -0.05) is 17.7 Å². The second-order valence-electron chi connectivity index (χ2n) is 11.2. The largest absolute Gasteiger partial charge is 0.490 e. The summed E-state index contributed by atoms with van der Waals surface area (Å²) in [4.78, 5) is 28.7. The maximum atomic E-state index is 15.1. The first kappa shape index (κ1) is 30.4. The van der Waals surface area contributed by atoms with Crippen LogP contribution in [0.25, 0.3) is 16.9 Å². The zero-order valence-corrected chi connectivity index (χ0v) is 24.5. The molecule has 0 spiro atoms. The smallest absolute Gasteiger partial charge is 0.418 e. The van der Waals surface area contributed by atoms with Crippen molar-refractivity contribution in [3.05, 3.63) is 70.2 Å². The summed E-state index contributed by atoms with van der Waals surface area (Å²) in [5.74, 6) is -0.829. The minimum absolute atomic E-state index is 0.150. The van der Waals surface area contributed by atoms with E-state index in [1.807, 2.05) is 26.0 Å². The Bertz CT molecular complexity index is 1630. The average molecular weight is 579 g/mol. The Hall–Kier alpha value is -4.51. The number of aryl methyl sites for hydroxylation is 2. The van der Waals surface area contributed by atoms with Gasteiger partial charge >= 0.3 is 12.1 Å². The van der Waals surface area contributed by atoms with Crippen molar-refractivity contribution in [3.63, 3.8) is 0 Å². The highest BCUT2D eigenvalue weighted by molar-refractivity contribution is 5.86. The van der Waals surface area contributed by atoms with Crippen LogP contribution in [0.2, 0.25) is 0 Å². The van der Waals surface area contributed by atoms with Crippen LogP contribution < -0.4 is 14.8 Å². The molecule has 0 atom stereocenters. The minimum atomic E-state index is -1.06. The molecule has 3 heterocycles. The normalized spacial score (nSPS) is 12.6. The number of halogens is 1. The van der Waals surface area contributed by atoms with E-state index in [-0.39, 0.29) is 18.0 Å². The highest BCUT2D eigenvalue weighted by Crippen LogP contribution is 2.39. The van der Waals surface area contributed by atoms with Crippen LogP contribution in [0.5, 0.6) is 11.5 Å².